The Hall–Kier alpha value is -5.38. The zero-order chi connectivity index (χ0) is 29.1. The maximum absolute atomic E-state index is 13.1. The van der Waals surface area contributed by atoms with E-state index in [1.807, 2.05) is 31.2 Å². The van der Waals surface area contributed by atoms with Crippen LogP contribution in [0, 0.1) is 5.41 Å². The van der Waals surface area contributed by atoms with E-state index in [9.17, 15) is 14.7 Å². The first kappa shape index (κ1) is 27.2. The largest absolute Gasteiger partial charge is 0.497 e. The van der Waals surface area contributed by atoms with E-state index in [0.29, 0.717) is 34.4 Å². The second kappa shape index (κ2) is 11.4. The van der Waals surface area contributed by atoms with Crippen molar-refractivity contribution in [3.05, 3.63) is 107 Å². The van der Waals surface area contributed by atoms with Crippen molar-refractivity contribution in [2.45, 2.75) is 26.4 Å². The molecule has 2 aromatic heterocycles. The fourth-order valence-electron chi connectivity index (χ4n) is 4.99. The van der Waals surface area contributed by atoms with Crippen LogP contribution in [0.5, 0.6) is 5.75 Å². The highest BCUT2D eigenvalue weighted by Crippen LogP contribution is 2.34. The minimum Gasteiger partial charge on any atom is -0.497 e. The number of carboxylic acid groups (broad SMARTS) is 1. The molecule has 5 aromatic rings. The Labute approximate surface area is 236 Å². The highest BCUT2D eigenvalue weighted by molar-refractivity contribution is 6.01. The van der Waals surface area contributed by atoms with Gasteiger partial charge in [0.15, 0.2) is 0 Å². The van der Waals surface area contributed by atoms with Gasteiger partial charge in [0.1, 0.15) is 11.6 Å². The average molecular weight is 551 g/mol. The van der Waals surface area contributed by atoms with E-state index < -0.39 is 5.97 Å². The molecular formula is C31H30N6O4. The number of nitrogens with zero attached hydrogens (tertiary/aromatic N) is 2. The lowest BCUT2D eigenvalue weighted by Crippen LogP contribution is -2.23. The number of aromatic amines is 1. The molecule has 0 fully saturated rings. The minimum atomic E-state index is -1.10. The molecular weight excluding hydrogens is 520 g/mol. The summed E-state index contributed by atoms with van der Waals surface area (Å²) in [5.74, 6) is -0.967. The number of aromatic carboxylic acids is 1. The number of carboxylic acids is 1. The molecule has 0 radical (unpaired) electrons. The smallest absolute Gasteiger partial charge is 0.336 e. The van der Waals surface area contributed by atoms with Crippen molar-refractivity contribution in [3.63, 3.8) is 0 Å². The first-order valence-electron chi connectivity index (χ1n) is 13.0. The summed E-state index contributed by atoms with van der Waals surface area (Å²) in [6.45, 7) is 3.04. The Morgan fingerprint density at radius 3 is 2.56 bits per heavy atom. The van der Waals surface area contributed by atoms with Crippen LogP contribution in [0.15, 0.2) is 73.3 Å². The van der Waals surface area contributed by atoms with Gasteiger partial charge >= 0.3 is 5.97 Å². The Morgan fingerprint density at radius 1 is 1.07 bits per heavy atom. The monoisotopic (exact) mass is 550 g/mol. The molecule has 10 nitrogen and oxygen atoms in total. The molecule has 208 valence electrons. The highest BCUT2D eigenvalue weighted by atomic mass is 16.5. The normalized spacial score (nSPS) is 11.0. The van der Waals surface area contributed by atoms with Crippen molar-refractivity contribution in [1.29, 1.82) is 5.41 Å². The predicted octanol–water partition coefficient (Wildman–Crippen LogP) is 4.56. The van der Waals surface area contributed by atoms with E-state index in [1.54, 1.807) is 36.8 Å². The van der Waals surface area contributed by atoms with E-state index in [1.165, 1.54) is 13.2 Å². The van der Waals surface area contributed by atoms with Gasteiger partial charge in [0.05, 0.1) is 31.2 Å². The Bertz CT molecular complexity index is 1770. The third kappa shape index (κ3) is 5.53. The molecule has 0 atom stereocenters. The zero-order valence-corrected chi connectivity index (χ0v) is 22.7. The van der Waals surface area contributed by atoms with Gasteiger partial charge in [-0.3, -0.25) is 10.2 Å². The summed E-state index contributed by atoms with van der Waals surface area (Å²) in [4.78, 5) is 32.3. The van der Waals surface area contributed by atoms with Crippen LogP contribution >= 0.6 is 0 Å². The number of benzene rings is 3. The summed E-state index contributed by atoms with van der Waals surface area (Å²) in [7, 11) is 1.48. The Kier molecular flexibility index (Phi) is 7.55. The third-order valence-corrected chi connectivity index (χ3v) is 7.11. The maximum atomic E-state index is 13.1. The van der Waals surface area contributed by atoms with Crippen molar-refractivity contribution >= 4 is 28.6 Å². The number of aromatic nitrogens is 3. The van der Waals surface area contributed by atoms with Crippen LogP contribution in [0.1, 0.15) is 50.0 Å². The van der Waals surface area contributed by atoms with Crippen LogP contribution in [-0.2, 0) is 19.5 Å². The van der Waals surface area contributed by atoms with Crippen LogP contribution in [0.2, 0.25) is 0 Å². The molecule has 0 saturated heterocycles. The van der Waals surface area contributed by atoms with E-state index >= 15 is 0 Å². The van der Waals surface area contributed by atoms with Crippen molar-refractivity contribution in [3.8, 4) is 16.9 Å². The molecule has 0 bridgehead atoms. The molecule has 0 aliphatic rings. The Morgan fingerprint density at radius 2 is 1.88 bits per heavy atom. The van der Waals surface area contributed by atoms with E-state index in [0.717, 1.165) is 34.3 Å². The molecule has 10 heteroatoms. The molecule has 0 aliphatic heterocycles. The van der Waals surface area contributed by atoms with Gasteiger partial charge in [-0.15, -0.1) is 0 Å². The number of hydrogen-bond donors (Lipinski definition) is 5. The fourth-order valence-corrected chi connectivity index (χ4v) is 4.99. The first-order valence-corrected chi connectivity index (χ1v) is 13.0. The van der Waals surface area contributed by atoms with E-state index in [4.69, 9.17) is 15.9 Å². The van der Waals surface area contributed by atoms with Gasteiger partial charge in [-0.25, -0.2) is 9.78 Å². The Balaban J connectivity index is 1.61. The number of imidazole rings is 1. The molecule has 0 aliphatic carbocycles. The van der Waals surface area contributed by atoms with Crippen LogP contribution in [0.25, 0.3) is 22.0 Å². The van der Waals surface area contributed by atoms with Crippen molar-refractivity contribution in [2.75, 3.05) is 7.11 Å². The van der Waals surface area contributed by atoms with Crippen LogP contribution in [0.4, 0.5) is 0 Å². The minimum absolute atomic E-state index is 0.00156. The van der Waals surface area contributed by atoms with Crippen LogP contribution in [0.3, 0.4) is 0 Å². The summed E-state index contributed by atoms with van der Waals surface area (Å²) >= 11 is 0. The molecule has 41 heavy (non-hydrogen) atoms. The number of nitrogens with two attached hydrogens (primary N) is 1. The van der Waals surface area contributed by atoms with E-state index in [2.05, 4.69) is 26.0 Å². The lowest BCUT2D eigenvalue weighted by atomic mass is 9.90. The van der Waals surface area contributed by atoms with Gasteiger partial charge in [-0.05, 0) is 65.6 Å². The molecule has 3 aromatic carbocycles. The standard InChI is InChI=1S/C31H30N6O4/c1-3-37-16-21(24-8-6-19(29(32)33)12-28(24)37)10-18-4-5-20(30(38)35-15-22-14-34-17-36-22)11-26(18)25-9-7-23(41-2)13-27(25)31(39)40/h4-9,11-14,16-17H,3,10,15H2,1-2H3,(H3,32,33)(H,34,36)(H,35,38)(H,39,40). The SMILES string of the molecule is CCn1cc(Cc2ccc(C(=O)NCc3cnc[nH]3)cc2-c2ccc(OC)cc2C(=O)O)c2ccc(C(=N)N)cc21. The number of methoxy groups -OCH3 is 1. The lowest BCUT2D eigenvalue weighted by molar-refractivity contribution is 0.0697. The molecule has 0 saturated carbocycles. The molecule has 1 amide bonds. The number of hydrogen-bond acceptors (Lipinski definition) is 5. The summed E-state index contributed by atoms with van der Waals surface area (Å²) in [6, 6.07) is 16.0. The number of aryl methyl sites for hydroxylation is 1. The van der Waals surface area contributed by atoms with Crippen molar-refractivity contribution in [1.82, 2.24) is 19.9 Å². The number of amidine groups is 1. The molecule has 0 unspecified atom stereocenters. The zero-order valence-electron chi connectivity index (χ0n) is 22.7. The number of amides is 1. The number of H-pyrrole nitrogens is 1. The lowest BCUT2D eigenvalue weighted by Gasteiger charge is -2.15. The van der Waals surface area contributed by atoms with Crippen molar-refractivity contribution < 1.29 is 19.4 Å². The van der Waals surface area contributed by atoms with Crippen LogP contribution < -0.4 is 15.8 Å². The van der Waals surface area contributed by atoms with Gasteiger partial charge in [0, 0.05) is 47.4 Å². The van der Waals surface area contributed by atoms with Crippen molar-refractivity contribution in [2.24, 2.45) is 5.73 Å². The molecule has 2 heterocycles. The number of fused-ring (bicyclic) bond motifs is 1. The number of carbonyl (C=O) groups excluding carboxylic acids is 1. The maximum Gasteiger partial charge on any atom is 0.336 e. The summed E-state index contributed by atoms with van der Waals surface area (Å²) in [5, 5.41) is 21.8. The summed E-state index contributed by atoms with van der Waals surface area (Å²) < 4.78 is 7.38. The van der Waals surface area contributed by atoms with Gasteiger partial charge < -0.3 is 30.4 Å². The van der Waals surface area contributed by atoms with Gasteiger partial charge in [0.25, 0.3) is 5.91 Å². The quantitative estimate of drug-likeness (QED) is 0.127. The topological polar surface area (TPSA) is 159 Å². The van der Waals surface area contributed by atoms with E-state index in [-0.39, 0.29) is 23.9 Å². The van der Waals surface area contributed by atoms with Gasteiger partial charge in [-0.2, -0.15) is 0 Å². The number of carbonyl (C=O) groups is 2. The first-order chi connectivity index (χ1) is 19.8. The third-order valence-electron chi connectivity index (χ3n) is 7.11. The fraction of sp³-hybridized carbons (Fsp3) is 0.161. The molecule has 6 N–H and O–H groups in total. The average Bonchev–Trinajstić information content (AvgIpc) is 3.63. The molecule has 0 spiro atoms. The predicted molar refractivity (Wildman–Crippen MR) is 157 cm³/mol. The second-order valence-electron chi connectivity index (χ2n) is 9.61. The summed E-state index contributed by atoms with van der Waals surface area (Å²) in [6.07, 6.45) is 5.73. The second-order valence-corrected chi connectivity index (χ2v) is 9.61. The van der Waals surface area contributed by atoms with Crippen LogP contribution in [-0.4, -0.2) is 44.5 Å². The number of ether oxygens (including phenoxy) is 1. The van der Waals surface area contributed by atoms with Gasteiger partial charge in [-0.1, -0.05) is 18.2 Å². The summed E-state index contributed by atoms with van der Waals surface area (Å²) in [5.41, 5.74) is 11.6. The number of rotatable bonds is 10. The number of nitrogen functional groups attached to an aromatic ring is 1. The number of nitrogens with one attached hydrogen (secondary N) is 3. The highest BCUT2D eigenvalue weighted by Gasteiger charge is 2.20. The molecule has 5 rings (SSSR count). The van der Waals surface area contributed by atoms with Gasteiger partial charge in [0.2, 0.25) is 0 Å².